The Morgan fingerprint density at radius 1 is 1.44 bits per heavy atom. The second-order valence-corrected chi connectivity index (χ2v) is 5.37. The fourth-order valence-electron chi connectivity index (χ4n) is 2.55. The molecule has 0 aromatic rings. The Morgan fingerprint density at radius 3 is 2.50 bits per heavy atom. The van der Waals surface area contributed by atoms with E-state index in [9.17, 15) is 4.79 Å². The van der Waals surface area contributed by atoms with Crippen LogP contribution in [0.3, 0.4) is 0 Å². The molecule has 1 N–H and O–H groups in total. The van der Waals surface area contributed by atoms with Crippen molar-refractivity contribution in [3.63, 3.8) is 0 Å². The van der Waals surface area contributed by atoms with Gasteiger partial charge in [-0.1, -0.05) is 0 Å². The summed E-state index contributed by atoms with van der Waals surface area (Å²) in [6, 6.07) is -0.208. The highest BCUT2D eigenvalue weighted by Gasteiger charge is 2.24. The first-order valence-corrected chi connectivity index (χ1v) is 6.69. The number of likely N-dealkylation sites (N-methyl/N-ethyl adjacent to an activating group) is 1. The third-order valence-electron chi connectivity index (χ3n) is 3.61. The van der Waals surface area contributed by atoms with E-state index in [1.807, 2.05) is 0 Å². The van der Waals surface area contributed by atoms with Gasteiger partial charge in [-0.25, -0.2) is 0 Å². The fourth-order valence-corrected chi connectivity index (χ4v) is 2.55. The Labute approximate surface area is 110 Å². The summed E-state index contributed by atoms with van der Waals surface area (Å²) in [5.41, 5.74) is 0. The molecule has 0 aromatic heterocycles. The number of carbonyl (C=O) groups is 1. The first-order chi connectivity index (χ1) is 8.56. The zero-order valence-electron chi connectivity index (χ0n) is 12.1. The van der Waals surface area contributed by atoms with Crippen molar-refractivity contribution in [3.8, 4) is 0 Å². The van der Waals surface area contributed by atoms with Crippen LogP contribution in [0.4, 0.5) is 0 Å². The van der Waals surface area contributed by atoms with Gasteiger partial charge < -0.3 is 19.9 Å². The van der Waals surface area contributed by atoms with Crippen LogP contribution < -0.4 is 5.32 Å². The van der Waals surface area contributed by atoms with Crippen LogP contribution in [0.2, 0.25) is 0 Å². The lowest BCUT2D eigenvalue weighted by molar-refractivity contribution is -0.143. The maximum absolute atomic E-state index is 11.5. The van der Waals surface area contributed by atoms with E-state index in [-0.39, 0.29) is 12.0 Å². The Bertz CT molecular complexity index is 251. The van der Waals surface area contributed by atoms with Gasteiger partial charge in [-0.05, 0) is 53.0 Å². The first kappa shape index (κ1) is 15.4. The van der Waals surface area contributed by atoms with Crippen LogP contribution in [-0.4, -0.2) is 76.2 Å². The predicted octanol–water partition coefficient (Wildman–Crippen LogP) is 0.0210. The van der Waals surface area contributed by atoms with E-state index in [1.54, 1.807) is 7.05 Å². The van der Waals surface area contributed by atoms with Crippen LogP contribution in [0.25, 0.3) is 0 Å². The Hall–Kier alpha value is -0.650. The van der Waals surface area contributed by atoms with Crippen LogP contribution in [0.1, 0.15) is 12.8 Å². The predicted molar refractivity (Wildman–Crippen MR) is 72.6 cm³/mol. The fraction of sp³-hybridized carbons (Fsp3) is 0.923. The minimum Gasteiger partial charge on any atom is -0.468 e. The SMILES string of the molecule is CNC(CN1CCC(CN(C)C)CC1)C(=O)OC. The average Bonchev–Trinajstić information content (AvgIpc) is 2.36. The summed E-state index contributed by atoms with van der Waals surface area (Å²) in [6.45, 7) is 4.07. The highest BCUT2D eigenvalue weighted by Crippen LogP contribution is 2.17. The molecule has 1 rings (SSSR count). The quantitative estimate of drug-likeness (QED) is 0.680. The average molecular weight is 257 g/mol. The van der Waals surface area contributed by atoms with Gasteiger partial charge >= 0.3 is 5.97 Å². The lowest BCUT2D eigenvalue weighted by Gasteiger charge is -2.34. The summed E-state index contributed by atoms with van der Waals surface area (Å²) in [6.07, 6.45) is 2.44. The van der Waals surface area contributed by atoms with Crippen LogP contribution >= 0.6 is 0 Å². The van der Waals surface area contributed by atoms with Crippen molar-refractivity contribution in [1.82, 2.24) is 15.1 Å². The summed E-state index contributed by atoms with van der Waals surface area (Å²) in [7, 11) is 7.50. The van der Waals surface area contributed by atoms with Gasteiger partial charge in [0, 0.05) is 13.1 Å². The molecule has 1 aliphatic rings. The van der Waals surface area contributed by atoms with Crippen LogP contribution in [-0.2, 0) is 9.53 Å². The maximum Gasteiger partial charge on any atom is 0.324 e. The van der Waals surface area contributed by atoms with Crippen molar-refractivity contribution < 1.29 is 9.53 Å². The Kier molecular flexibility index (Phi) is 6.60. The van der Waals surface area contributed by atoms with Gasteiger partial charge in [0.25, 0.3) is 0 Å². The number of hydrogen-bond donors (Lipinski definition) is 1. The molecule has 1 unspecified atom stereocenters. The molecule has 0 aliphatic carbocycles. The zero-order chi connectivity index (χ0) is 13.5. The molecule has 1 saturated heterocycles. The smallest absolute Gasteiger partial charge is 0.324 e. The molecule has 1 atom stereocenters. The largest absolute Gasteiger partial charge is 0.468 e. The number of methoxy groups -OCH3 is 1. The molecular formula is C13H27N3O2. The monoisotopic (exact) mass is 257 g/mol. The topological polar surface area (TPSA) is 44.8 Å². The molecule has 5 heteroatoms. The maximum atomic E-state index is 11.5. The van der Waals surface area contributed by atoms with Crippen LogP contribution in [0, 0.1) is 5.92 Å². The van der Waals surface area contributed by atoms with E-state index >= 15 is 0 Å². The van der Waals surface area contributed by atoms with Gasteiger partial charge in [-0.3, -0.25) is 4.79 Å². The lowest BCUT2D eigenvalue weighted by Crippen LogP contribution is -2.48. The molecule has 0 spiro atoms. The molecule has 0 aromatic carbocycles. The van der Waals surface area contributed by atoms with Gasteiger partial charge in [-0.15, -0.1) is 0 Å². The van der Waals surface area contributed by atoms with Crippen LogP contribution in [0.15, 0.2) is 0 Å². The Balaban J connectivity index is 2.32. The van der Waals surface area contributed by atoms with Crippen LogP contribution in [0.5, 0.6) is 0 Å². The molecule has 1 aliphatic heterocycles. The summed E-state index contributed by atoms with van der Waals surface area (Å²) in [4.78, 5) is 16.1. The van der Waals surface area contributed by atoms with Crippen molar-refractivity contribution >= 4 is 5.97 Å². The number of hydrogen-bond acceptors (Lipinski definition) is 5. The molecular weight excluding hydrogens is 230 g/mol. The van der Waals surface area contributed by atoms with E-state index in [1.165, 1.54) is 26.5 Å². The van der Waals surface area contributed by atoms with Gasteiger partial charge in [-0.2, -0.15) is 0 Å². The van der Waals surface area contributed by atoms with Gasteiger partial charge in [0.05, 0.1) is 7.11 Å². The molecule has 0 bridgehead atoms. The third kappa shape index (κ3) is 4.92. The number of rotatable bonds is 6. The van der Waals surface area contributed by atoms with E-state index < -0.39 is 0 Å². The van der Waals surface area contributed by atoms with E-state index in [2.05, 4.69) is 29.2 Å². The van der Waals surface area contributed by atoms with Crippen molar-refractivity contribution in [2.24, 2.45) is 5.92 Å². The second kappa shape index (κ2) is 7.71. The van der Waals surface area contributed by atoms with Gasteiger partial charge in [0.15, 0.2) is 0 Å². The lowest BCUT2D eigenvalue weighted by atomic mass is 9.96. The Morgan fingerprint density at radius 2 is 2.06 bits per heavy atom. The number of likely N-dealkylation sites (tertiary alicyclic amines) is 1. The van der Waals surface area contributed by atoms with Crippen molar-refractivity contribution in [2.45, 2.75) is 18.9 Å². The molecule has 1 fully saturated rings. The highest BCUT2D eigenvalue weighted by molar-refractivity contribution is 5.75. The molecule has 106 valence electrons. The molecule has 0 saturated carbocycles. The number of piperidine rings is 1. The van der Waals surface area contributed by atoms with Gasteiger partial charge in [0.1, 0.15) is 6.04 Å². The van der Waals surface area contributed by atoms with E-state index in [0.29, 0.717) is 0 Å². The summed E-state index contributed by atoms with van der Waals surface area (Å²) >= 11 is 0. The summed E-state index contributed by atoms with van der Waals surface area (Å²) in [5, 5.41) is 3.02. The van der Waals surface area contributed by atoms with E-state index in [0.717, 1.165) is 25.6 Å². The van der Waals surface area contributed by atoms with Crippen molar-refractivity contribution in [3.05, 3.63) is 0 Å². The highest BCUT2D eigenvalue weighted by atomic mass is 16.5. The van der Waals surface area contributed by atoms with Crippen molar-refractivity contribution in [2.75, 3.05) is 54.4 Å². The molecule has 1 heterocycles. The summed E-state index contributed by atoms with van der Waals surface area (Å²) < 4.78 is 4.78. The second-order valence-electron chi connectivity index (χ2n) is 5.37. The minimum atomic E-state index is -0.208. The number of carbonyl (C=O) groups excluding carboxylic acids is 1. The number of ether oxygens (including phenoxy) is 1. The number of nitrogens with zero attached hydrogens (tertiary/aromatic N) is 2. The van der Waals surface area contributed by atoms with Gasteiger partial charge in [0.2, 0.25) is 0 Å². The normalized spacial score (nSPS) is 20.1. The zero-order valence-corrected chi connectivity index (χ0v) is 12.1. The summed E-state index contributed by atoms with van der Waals surface area (Å²) in [5.74, 6) is 0.621. The molecule has 5 nitrogen and oxygen atoms in total. The molecule has 0 amide bonds. The minimum absolute atomic E-state index is 0.173. The molecule has 0 radical (unpaired) electrons. The first-order valence-electron chi connectivity index (χ1n) is 6.69. The van der Waals surface area contributed by atoms with E-state index in [4.69, 9.17) is 4.74 Å². The standard InChI is InChI=1S/C13H27N3O2/c1-14-12(13(17)18-4)10-16-7-5-11(6-8-16)9-15(2)3/h11-12,14H,5-10H2,1-4H3. The third-order valence-corrected chi connectivity index (χ3v) is 3.61. The van der Waals surface area contributed by atoms with Crippen molar-refractivity contribution in [1.29, 1.82) is 0 Å². The number of esters is 1. The molecule has 18 heavy (non-hydrogen) atoms. The number of nitrogens with one attached hydrogen (secondary N) is 1.